The first-order valence-electron chi connectivity index (χ1n) is 4.30. The van der Waals surface area contributed by atoms with Crippen molar-refractivity contribution in [2.24, 2.45) is 0 Å². The molecule has 13 heavy (non-hydrogen) atoms. The molecule has 0 aliphatic heterocycles. The van der Waals surface area contributed by atoms with Crippen molar-refractivity contribution in [2.75, 3.05) is 6.26 Å². The Hall–Kier alpha value is 0.100. The van der Waals surface area contributed by atoms with Crippen molar-refractivity contribution in [3.05, 3.63) is 21.8 Å². The van der Waals surface area contributed by atoms with E-state index < -0.39 is 0 Å². The molecule has 0 N–H and O–H groups in total. The van der Waals surface area contributed by atoms with E-state index in [1.165, 1.54) is 21.3 Å². The first kappa shape index (κ1) is 9.65. The number of ether oxygens (including phenoxy) is 1. The van der Waals surface area contributed by atoms with Gasteiger partial charge in [-0.2, -0.15) is 0 Å². The third-order valence-corrected chi connectivity index (χ3v) is 4.00. The lowest BCUT2D eigenvalue weighted by molar-refractivity contribution is 0.303. The summed E-state index contributed by atoms with van der Waals surface area (Å²) in [6.45, 7) is 0. The Bertz CT molecular complexity index is 310. The highest BCUT2D eigenvalue weighted by atomic mass is 127. The zero-order valence-corrected chi connectivity index (χ0v) is 10.4. The highest BCUT2D eigenvalue weighted by molar-refractivity contribution is 14.1. The van der Waals surface area contributed by atoms with Gasteiger partial charge in [-0.05, 0) is 59.9 Å². The standard InChI is InChI=1S/C10H11IOS/c1-13-10-5-4-8(6-9(10)11)12-7-2-3-7/h4-7H,2-3H2,1H3. The average Bonchev–Trinajstić information content (AvgIpc) is 2.89. The van der Waals surface area contributed by atoms with E-state index in [2.05, 4.69) is 47.0 Å². The molecule has 1 aromatic rings. The SMILES string of the molecule is CSc1ccc(OC2CC2)cc1I. The third-order valence-electron chi connectivity index (χ3n) is 1.95. The first-order valence-corrected chi connectivity index (χ1v) is 6.60. The molecule has 2 rings (SSSR count). The van der Waals surface area contributed by atoms with E-state index in [1.807, 2.05) is 0 Å². The second-order valence-corrected chi connectivity index (χ2v) is 5.12. The molecule has 0 heterocycles. The van der Waals surface area contributed by atoms with Gasteiger partial charge in [-0.15, -0.1) is 11.8 Å². The predicted octanol–water partition coefficient (Wildman–Crippen LogP) is 3.55. The normalized spacial score (nSPS) is 15.8. The van der Waals surface area contributed by atoms with Gasteiger partial charge in [0.25, 0.3) is 0 Å². The van der Waals surface area contributed by atoms with E-state index in [1.54, 1.807) is 11.8 Å². The van der Waals surface area contributed by atoms with Crippen LogP contribution in [-0.2, 0) is 0 Å². The molecule has 0 amide bonds. The van der Waals surface area contributed by atoms with Gasteiger partial charge in [-0.3, -0.25) is 0 Å². The molecule has 0 saturated heterocycles. The summed E-state index contributed by atoms with van der Waals surface area (Å²) < 4.78 is 6.97. The summed E-state index contributed by atoms with van der Waals surface area (Å²) in [6, 6.07) is 6.31. The highest BCUT2D eigenvalue weighted by Gasteiger charge is 2.23. The van der Waals surface area contributed by atoms with Gasteiger partial charge in [0.2, 0.25) is 0 Å². The van der Waals surface area contributed by atoms with E-state index in [0.29, 0.717) is 6.10 Å². The van der Waals surface area contributed by atoms with Crippen molar-refractivity contribution in [1.29, 1.82) is 0 Å². The Kier molecular flexibility index (Phi) is 3.03. The van der Waals surface area contributed by atoms with Crippen LogP contribution in [0.2, 0.25) is 0 Å². The minimum atomic E-state index is 0.496. The van der Waals surface area contributed by atoms with Gasteiger partial charge in [0.05, 0.1) is 6.10 Å². The van der Waals surface area contributed by atoms with Crippen LogP contribution in [0.3, 0.4) is 0 Å². The molecule has 70 valence electrons. The van der Waals surface area contributed by atoms with Gasteiger partial charge >= 0.3 is 0 Å². The lowest BCUT2D eigenvalue weighted by atomic mass is 10.3. The Morgan fingerprint density at radius 1 is 1.46 bits per heavy atom. The fourth-order valence-electron chi connectivity index (χ4n) is 1.10. The minimum absolute atomic E-state index is 0.496. The third kappa shape index (κ3) is 2.53. The molecule has 0 atom stereocenters. The van der Waals surface area contributed by atoms with E-state index in [9.17, 15) is 0 Å². The molecule has 0 radical (unpaired) electrons. The van der Waals surface area contributed by atoms with Crippen molar-refractivity contribution >= 4 is 34.4 Å². The van der Waals surface area contributed by atoms with Crippen LogP contribution in [-0.4, -0.2) is 12.4 Å². The topological polar surface area (TPSA) is 9.23 Å². The smallest absolute Gasteiger partial charge is 0.120 e. The highest BCUT2D eigenvalue weighted by Crippen LogP contribution is 2.30. The van der Waals surface area contributed by atoms with Crippen molar-refractivity contribution in [1.82, 2.24) is 0 Å². The second kappa shape index (κ2) is 4.09. The van der Waals surface area contributed by atoms with Crippen molar-refractivity contribution in [3.63, 3.8) is 0 Å². The zero-order valence-electron chi connectivity index (χ0n) is 7.42. The van der Waals surface area contributed by atoms with Gasteiger partial charge in [-0.25, -0.2) is 0 Å². The lowest BCUT2D eigenvalue weighted by Crippen LogP contribution is -1.95. The molecule has 0 unspecified atom stereocenters. The number of halogens is 1. The lowest BCUT2D eigenvalue weighted by Gasteiger charge is -2.06. The fraction of sp³-hybridized carbons (Fsp3) is 0.400. The Balaban J connectivity index is 2.13. The molecule has 1 fully saturated rings. The largest absolute Gasteiger partial charge is 0.490 e. The monoisotopic (exact) mass is 306 g/mol. The summed E-state index contributed by atoms with van der Waals surface area (Å²) in [5.74, 6) is 1.02. The molecular weight excluding hydrogens is 295 g/mol. The Morgan fingerprint density at radius 3 is 2.77 bits per heavy atom. The van der Waals surface area contributed by atoms with Gasteiger partial charge in [0.15, 0.2) is 0 Å². The summed E-state index contributed by atoms with van der Waals surface area (Å²) in [4.78, 5) is 1.32. The molecule has 1 aliphatic rings. The van der Waals surface area contributed by atoms with Crippen LogP contribution in [0.4, 0.5) is 0 Å². The van der Waals surface area contributed by atoms with Crippen molar-refractivity contribution < 1.29 is 4.74 Å². The van der Waals surface area contributed by atoms with Crippen LogP contribution in [0.25, 0.3) is 0 Å². The van der Waals surface area contributed by atoms with Crippen LogP contribution >= 0.6 is 34.4 Å². The fourth-order valence-corrected chi connectivity index (χ4v) is 2.70. The first-order chi connectivity index (χ1) is 6.29. The maximum Gasteiger partial charge on any atom is 0.120 e. The summed E-state index contributed by atoms with van der Waals surface area (Å²) in [5, 5.41) is 0. The van der Waals surface area contributed by atoms with Crippen LogP contribution in [0, 0.1) is 3.57 Å². The van der Waals surface area contributed by atoms with Crippen LogP contribution < -0.4 is 4.74 Å². The van der Waals surface area contributed by atoms with Crippen molar-refractivity contribution in [3.8, 4) is 5.75 Å². The van der Waals surface area contributed by atoms with E-state index in [-0.39, 0.29) is 0 Å². The summed E-state index contributed by atoms with van der Waals surface area (Å²) in [5.41, 5.74) is 0. The Morgan fingerprint density at radius 2 is 2.23 bits per heavy atom. The minimum Gasteiger partial charge on any atom is -0.490 e. The Labute approximate surface area is 96.4 Å². The summed E-state index contributed by atoms with van der Waals surface area (Å²) in [7, 11) is 0. The molecule has 1 nitrogen and oxygen atoms in total. The quantitative estimate of drug-likeness (QED) is 0.624. The number of hydrogen-bond donors (Lipinski definition) is 0. The van der Waals surface area contributed by atoms with E-state index >= 15 is 0 Å². The summed E-state index contributed by atoms with van der Waals surface area (Å²) in [6.07, 6.45) is 5.04. The van der Waals surface area contributed by atoms with Gasteiger partial charge in [0.1, 0.15) is 5.75 Å². The molecule has 3 heteroatoms. The van der Waals surface area contributed by atoms with E-state index in [4.69, 9.17) is 4.74 Å². The zero-order chi connectivity index (χ0) is 9.26. The van der Waals surface area contributed by atoms with Gasteiger partial charge < -0.3 is 4.74 Å². The second-order valence-electron chi connectivity index (χ2n) is 3.11. The van der Waals surface area contributed by atoms with Crippen LogP contribution in [0.5, 0.6) is 5.75 Å². The maximum absolute atomic E-state index is 5.69. The molecule has 1 aromatic carbocycles. The summed E-state index contributed by atoms with van der Waals surface area (Å²) >= 11 is 4.13. The van der Waals surface area contributed by atoms with Crippen LogP contribution in [0.1, 0.15) is 12.8 Å². The predicted molar refractivity (Wildman–Crippen MR) is 64.6 cm³/mol. The molecule has 0 bridgehead atoms. The molecule has 0 aromatic heterocycles. The van der Waals surface area contributed by atoms with Crippen LogP contribution in [0.15, 0.2) is 23.1 Å². The number of benzene rings is 1. The molecular formula is C10H11IOS. The average molecular weight is 306 g/mol. The number of thioether (sulfide) groups is 1. The van der Waals surface area contributed by atoms with Gasteiger partial charge in [-0.1, -0.05) is 0 Å². The molecule has 1 aliphatic carbocycles. The number of rotatable bonds is 3. The molecule has 1 saturated carbocycles. The van der Waals surface area contributed by atoms with Crippen molar-refractivity contribution in [2.45, 2.75) is 23.8 Å². The number of hydrogen-bond acceptors (Lipinski definition) is 2. The van der Waals surface area contributed by atoms with Gasteiger partial charge in [0, 0.05) is 8.47 Å². The van der Waals surface area contributed by atoms with E-state index in [0.717, 1.165) is 5.75 Å². The molecule has 0 spiro atoms. The maximum atomic E-state index is 5.69.